The summed E-state index contributed by atoms with van der Waals surface area (Å²) in [6.45, 7) is 0.810. The summed E-state index contributed by atoms with van der Waals surface area (Å²) in [6, 6.07) is 9.26. The third kappa shape index (κ3) is 4.80. The van der Waals surface area contributed by atoms with Gasteiger partial charge in [-0.05, 0) is 36.2 Å². The van der Waals surface area contributed by atoms with Crippen molar-refractivity contribution in [2.75, 3.05) is 40.7 Å². The first-order valence-electron chi connectivity index (χ1n) is 9.90. The Labute approximate surface area is 187 Å². The number of rotatable bonds is 7. The number of methoxy groups -OCH3 is 3. The van der Waals surface area contributed by atoms with Crippen molar-refractivity contribution in [3.05, 3.63) is 47.5 Å². The van der Waals surface area contributed by atoms with E-state index in [1.54, 1.807) is 24.3 Å². The third-order valence-electron chi connectivity index (χ3n) is 5.17. The Kier molecular flexibility index (Phi) is 6.93. The minimum Gasteiger partial charge on any atom is -0.493 e. The number of hydrogen-bond donors (Lipinski definition) is 0. The molecule has 0 saturated carbocycles. The molecule has 1 saturated heterocycles. The second-order valence-electron chi connectivity index (χ2n) is 7.31. The van der Waals surface area contributed by atoms with Crippen LogP contribution >= 0.6 is 0 Å². The highest BCUT2D eigenvalue weighted by Gasteiger charge is 2.32. The molecule has 0 aromatic heterocycles. The number of hydrazine groups is 1. The smallest absolute Gasteiger partial charge is 0.272 e. The lowest BCUT2D eigenvalue weighted by molar-refractivity contribution is -0.139. The van der Waals surface area contributed by atoms with Crippen LogP contribution in [0.5, 0.6) is 17.2 Å². The van der Waals surface area contributed by atoms with Gasteiger partial charge in [-0.2, -0.15) is 0 Å². The van der Waals surface area contributed by atoms with Gasteiger partial charge >= 0.3 is 0 Å². The number of carbonyl (C=O) groups excluding carboxylic acids is 2. The van der Waals surface area contributed by atoms with Crippen LogP contribution in [0.3, 0.4) is 0 Å². The first-order valence-corrected chi connectivity index (χ1v) is 11.8. The lowest BCUT2D eigenvalue weighted by atomic mass is 10.1. The Morgan fingerprint density at radius 2 is 1.47 bits per heavy atom. The second-order valence-corrected chi connectivity index (χ2v) is 9.32. The largest absolute Gasteiger partial charge is 0.493 e. The lowest BCUT2D eigenvalue weighted by Gasteiger charge is -2.28. The molecule has 0 atom stereocenters. The highest BCUT2D eigenvalue weighted by atomic mass is 32.2. The van der Waals surface area contributed by atoms with Gasteiger partial charge < -0.3 is 14.2 Å². The summed E-state index contributed by atoms with van der Waals surface area (Å²) in [5.74, 6) is 0.452. The quantitative estimate of drug-likeness (QED) is 0.620. The van der Waals surface area contributed by atoms with Crippen LogP contribution in [-0.4, -0.2) is 70.9 Å². The van der Waals surface area contributed by atoms with Crippen LogP contribution in [0.25, 0.3) is 0 Å². The Morgan fingerprint density at radius 3 is 1.97 bits per heavy atom. The maximum absolute atomic E-state index is 13.2. The molecule has 2 amide bonds. The van der Waals surface area contributed by atoms with Crippen molar-refractivity contribution < 1.29 is 32.2 Å². The summed E-state index contributed by atoms with van der Waals surface area (Å²) in [5.41, 5.74) is 0.964. The SMILES string of the molecule is COc1cc(C(=O)N2CCCN2C(=O)Cc2ccc(S(C)(=O)=O)cc2)cc(OC)c1OC. The second kappa shape index (κ2) is 9.47. The van der Waals surface area contributed by atoms with Gasteiger partial charge in [0, 0.05) is 24.9 Å². The fourth-order valence-electron chi connectivity index (χ4n) is 3.56. The van der Waals surface area contributed by atoms with E-state index in [0.29, 0.717) is 47.9 Å². The van der Waals surface area contributed by atoms with Crippen LogP contribution in [-0.2, 0) is 21.1 Å². The molecule has 1 aliphatic rings. The molecule has 0 bridgehead atoms. The Bertz CT molecular complexity index is 1090. The normalized spacial score (nSPS) is 13.8. The molecule has 1 fully saturated rings. The van der Waals surface area contributed by atoms with Crippen LogP contribution in [0.1, 0.15) is 22.3 Å². The molecular formula is C22H26N2O7S. The van der Waals surface area contributed by atoms with Crippen LogP contribution in [0.2, 0.25) is 0 Å². The Hall–Kier alpha value is -3.27. The van der Waals surface area contributed by atoms with Crippen molar-refractivity contribution in [3.8, 4) is 17.2 Å². The zero-order valence-corrected chi connectivity index (χ0v) is 19.3. The fourth-order valence-corrected chi connectivity index (χ4v) is 4.19. The average Bonchev–Trinajstić information content (AvgIpc) is 3.27. The van der Waals surface area contributed by atoms with Crippen molar-refractivity contribution in [2.45, 2.75) is 17.7 Å². The number of sulfone groups is 1. The molecule has 2 aromatic carbocycles. The van der Waals surface area contributed by atoms with Gasteiger partial charge in [-0.15, -0.1) is 0 Å². The molecule has 10 heteroatoms. The topological polar surface area (TPSA) is 102 Å². The molecule has 0 aliphatic carbocycles. The standard InChI is InChI=1S/C22H26N2O7S/c1-29-18-13-16(14-19(30-2)21(18)31-3)22(26)24-11-5-10-23(24)20(25)12-15-6-8-17(9-7-15)32(4,27)28/h6-9,13-14H,5,10-12H2,1-4H3. The summed E-state index contributed by atoms with van der Waals surface area (Å²) in [5, 5.41) is 2.84. The van der Waals surface area contributed by atoms with Crippen LogP contribution in [0.15, 0.2) is 41.3 Å². The maximum atomic E-state index is 13.2. The van der Waals surface area contributed by atoms with Gasteiger partial charge in [0.1, 0.15) is 0 Å². The maximum Gasteiger partial charge on any atom is 0.272 e. The monoisotopic (exact) mass is 462 g/mol. The van der Waals surface area contributed by atoms with Crippen molar-refractivity contribution in [3.63, 3.8) is 0 Å². The van der Waals surface area contributed by atoms with Crippen molar-refractivity contribution in [1.82, 2.24) is 10.0 Å². The fraction of sp³-hybridized carbons (Fsp3) is 0.364. The van der Waals surface area contributed by atoms with Gasteiger partial charge in [-0.3, -0.25) is 14.6 Å². The van der Waals surface area contributed by atoms with E-state index < -0.39 is 9.84 Å². The molecule has 0 spiro atoms. The Balaban J connectivity index is 1.80. The molecular weight excluding hydrogens is 436 g/mol. The van der Waals surface area contributed by atoms with E-state index in [-0.39, 0.29) is 23.1 Å². The zero-order valence-electron chi connectivity index (χ0n) is 18.5. The molecule has 9 nitrogen and oxygen atoms in total. The summed E-state index contributed by atoms with van der Waals surface area (Å²) >= 11 is 0. The van der Waals surface area contributed by atoms with Crippen LogP contribution < -0.4 is 14.2 Å². The number of nitrogens with zero attached hydrogens (tertiary/aromatic N) is 2. The summed E-state index contributed by atoms with van der Waals surface area (Å²) in [6.07, 6.45) is 1.82. The van der Waals surface area contributed by atoms with Gasteiger partial charge in [0.15, 0.2) is 21.3 Å². The van der Waals surface area contributed by atoms with E-state index in [9.17, 15) is 18.0 Å². The average molecular weight is 463 g/mol. The van der Waals surface area contributed by atoms with Gasteiger partial charge in [0.25, 0.3) is 5.91 Å². The van der Waals surface area contributed by atoms with E-state index in [2.05, 4.69) is 0 Å². The summed E-state index contributed by atoms with van der Waals surface area (Å²) in [4.78, 5) is 26.3. The van der Waals surface area contributed by atoms with Crippen molar-refractivity contribution in [2.24, 2.45) is 0 Å². The molecule has 32 heavy (non-hydrogen) atoms. The zero-order chi connectivity index (χ0) is 23.5. The van der Waals surface area contributed by atoms with Gasteiger partial charge in [-0.1, -0.05) is 12.1 Å². The van der Waals surface area contributed by atoms with E-state index in [1.165, 1.54) is 43.5 Å². The first kappa shape index (κ1) is 23.4. The minimum atomic E-state index is -3.31. The number of carbonyl (C=O) groups is 2. The van der Waals surface area contributed by atoms with E-state index >= 15 is 0 Å². The molecule has 172 valence electrons. The number of ether oxygens (including phenoxy) is 3. The predicted octanol–water partition coefficient (Wildman–Crippen LogP) is 1.95. The first-order chi connectivity index (χ1) is 15.2. The van der Waals surface area contributed by atoms with E-state index in [0.717, 1.165) is 6.26 Å². The third-order valence-corrected chi connectivity index (χ3v) is 6.30. The van der Waals surface area contributed by atoms with Crippen molar-refractivity contribution in [1.29, 1.82) is 0 Å². The number of hydrogen-bond acceptors (Lipinski definition) is 7. The number of amides is 2. The van der Waals surface area contributed by atoms with E-state index in [1.807, 2.05) is 0 Å². The van der Waals surface area contributed by atoms with Gasteiger partial charge in [0.05, 0.1) is 32.6 Å². The molecule has 2 aromatic rings. The highest BCUT2D eigenvalue weighted by molar-refractivity contribution is 7.90. The summed E-state index contributed by atoms with van der Waals surface area (Å²) in [7, 11) is 1.10. The van der Waals surface area contributed by atoms with Crippen LogP contribution in [0, 0.1) is 0 Å². The molecule has 3 rings (SSSR count). The van der Waals surface area contributed by atoms with E-state index in [4.69, 9.17) is 14.2 Å². The summed E-state index contributed by atoms with van der Waals surface area (Å²) < 4.78 is 39.2. The number of benzene rings is 2. The van der Waals surface area contributed by atoms with Crippen LogP contribution in [0.4, 0.5) is 0 Å². The molecule has 1 heterocycles. The molecule has 1 aliphatic heterocycles. The Morgan fingerprint density at radius 1 is 0.906 bits per heavy atom. The minimum absolute atomic E-state index is 0.0447. The highest BCUT2D eigenvalue weighted by Crippen LogP contribution is 2.38. The predicted molar refractivity (Wildman–Crippen MR) is 117 cm³/mol. The van der Waals surface area contributed by atoms with Gasteiger partial charge in [0.2, 0.25) is 11.7 Å². The molecule has 0 N–H and O–H groups in total. The van der Waals surface area contributed by atoms with Crippen molar-refractivity contribution >= 4 is 21.7 Å². The van der Waals surface area contributed by atoms with Gasteiger partial charge in [-0.25, -0.2) is 13.4 Å². The molecule has 0 radical (unpaired) electrons. The lowest BCUT2D eigenvalue weighted by Crippen LogP contribution is -2.45. The molecule has 0 unspecified atom stereocenters.